The van der Waals surface area contributed by atoms with Crippen LogP contribution in [0.15, 0.2) is 51.9 Å². The van der Waals surface area contributed by atoms with Crippen LogP contribution in [-0.4, -0.2) is 16.0 Å². The third-order valence-electron chi connectivity index (χ3n) is 3.08. The molecule has 0 unspecified atom stereocenters. The molecule has 5 nitrogen and oxygen atoms in total. The second-order valence-electron chi connectivity index (χ2n) is 4.76. The molecule has 3 aromatic rings. The van der Waals surface area contributed by atoms with Gasteiger partial charge in [-0.1, -0.05) is 12.1 Å². The number of para-hydroxylation sites is 1. The van der Waals surface area contributed by atoms with E-state index in [1.54, 1.807) is 12.3 Å². The number of aromatic amines is 1. The molecule has 0 aliphatic rings. The van der Waals surface area contributed by atoms with Gasteiger partial charge in [-0.25, -0.2) is 4.98 Å². The van der Waals surface area contributed by atoms with Crippen molar-refractivity contribution in [2.45, 2.75) is 19.4 Å². The zero-order chi connectivity index (χ0) is 13.9. The molecule has 20 heavy (non-hydrogen) atoms. The van der Waals surface area contributed by atoms with Crippen molar-refractivity contribution in [3.63, 3.8) is 0 Å². The lowest BCUT2D eigenvalue weighted by Gasteiger charge is -2.13. The SMILES string of the molecule is C[C@@H](Cc1ccco1)Nc1nc2ccccc2c(=O)[nH]1. The fourth-order valence-corrected chi connectivity index (χ4v) is 2.17. The lowest BCUT2D eigenvalue weighted by molar-refractivity contribution is 0.497. The van der Waals surface area contributed by atoms with Gasteiger partial charge in [0.1, 0.15) is 5.76 Å². The Bertz CT molecular complexity index is 762. The molecule has 0 bridgehead atoms. The predicted molar refractivity (Wildman–Crippen MR) is 77.9 cm³/mol. The summed E-state index contributed by atoms with van der Waals surface area (Å²) in [5.74, 6) is 1.38. The minimum atomic E-state index is -0.136. The van der Waals surface area contributed by atoms with Gasteiger partial charge >= 0.3 is 0 Å². The number of furan rings is 1. The molecular formula is C15H15N3O2. The molecule has 0 spiro atoms. The molecule has 0 saturated heterocycles. The summed E-state index contributed by atoms with van der Waals surface area (Å²) in [6.45, 7) is 2.01. The fourth-order valence-electron chi connectivity index (χ4n) is 2.17. The first-order valence-electron chi connectivity index (χ1n) is 6.50. The van der Waals surface area contributed by atoms with Crippen molar-refractivity contribution in [1.29, 1.82) is 0 Å². The smallest absolute Gasteiger partial charge is 0.260 e. The largest absolute Gasteiger partial charge is 0.469 e. The van der Waals surface area contributed by atoms with Crippen LogP contribution in [0, 0.1) is 0 Å². The highest BCUT2D eigenvalue weighted by atomic mass is 16.3. The number of hydrogen-bond donors (Lipinski definition) is 2. The first kappa shape index (κ1) is 12.5. The van der Waals surface area contributed by atoms with E-state index in [0.717, 1.165) is 12.2 Å². The Kier molecular flexibility index (Phi) is 3.25. The lowest BCUT2D eigenvalue weighted by atomic mass is 10.2. The standard InChI is InChI=1S/C15H15N3O2/c1-10(9-11-5-4-8-20-11)16-15-17-13-7-3-2-6-12(13)14(19)18-15/h2-8,10H,9H2,1H3,(H2,16,17,18,19)/t10-/m0/s1. The van der Waals surface area contributed by atoms with Crippen LogP contribution < -0.4 is 10.9 Å². The number of nitrogens with one attached hydrogen (secondary N) is 2. The number of nitrogens with zero attached hydrogens (tertiary/aromatic N) is 1. The van der Waals surface area contributed by atoms with Gasteiger partial charge in [0.05, 0.1) is 17.2 Å². The molecule has 102 valence electrons. The van der Waals surface area contributed by atoms with Gasteiger partial charge in [0, 0.05) is 12.5 Å². The first-order valence-corrected chi connectivity index (χ1v) is 6.50. The van der Waals surface area contributed by atoms with Gasteiger partial charge in [-0.15, -0.1) is 0 Å². The molecule has 2 heterocycles. The van der Waals surface area contributed by atoms with Crippen LogP contribution in [0.2, 0.25) is 0 Å². The van der Waals surface area contributed by atoms with Crippen LogP contribution in [0.1, 0.15) is 12.7 Å². The van der Waals surface area contributed by atoms with Crippen molar-refractivity contribution >= 4 is 16.9 Å². The number of rotatable bonds is 4. The summed E-state index contributed by atoms with van der Waals surface area (Å²) in [6.07, 6.45) is 2.38. The quantitative estimate of drug-likeness (QED) is 0.763. The molecule has 0 aliphatic carbocycles. The van der Waals surface area contributed by atoms with E-state index in [1.807, 2.05) is 37.3 Å². The maximum absolute atomic E-state index is 11.9. The van der Waals surface area contributed by atoms with Crippen LogP contribution in [0.5, 0.6) is 0 Å². The summed E-state index contributed by atoms with van der Waals surface area (Å²) in [7, 11) is 0. The monoisotopic (exact) mass is 269 g/mol. The highest BCUT2D eigenvalue weighted by Crippen LogP contribution is 2.10. The van der Waals surface area contributed by atoms with Gasteiger partial charge < -0.3 is 9.73 Å². The molecule has 0 aliphatic heterocycles. The lowest BCUT2D eigenvalue weighted by Crippen LogP contribution is -2.22. The van der Waals surface area contributed by atoms with E-state index in [9.17, 15) is 4.79 Å². The molecule has 5 heteroatoms. The topological polar surface area (TPSA) is 70.9 Å². The van der Waals surface area contributed by atoms with Crippen LogP contribution in [0.25, 0.3) is 10.9 Å². The number of benzene rings is 1. The second-order valence-corrected chi connectivity index (χ2v) is 4.76. The maximum Gasteiger partial charge on any atom is 0.260 e. The molecule has 2 N–H and O–H groups in total. The third-order valence-corrected chi connectivity index (χ3v) is 3.08. The first-order chi connectivity index (χ1) is 9.72. The van der Waals surface area contributed by atoms with Crippen molar-refractivity contribution in [2.24, 2.45) is 0 Å². The Morgan fingerprint density at radius 2 is 2.15 bits per heavy atom. The van der Waals surface area contributed by atoms with Crippen LogP contribution >= 0.6 is 0 Å². The summed E-state index contributed by atoms with van der Waals surface area (Å²) < 4.78 is 5.30. The number of aromatic nitrogens is 2. The maximum atomic E-state index is 11.9. The van der Waals surface area contributed by atoms with Crippen LogP contribution in [0.4, 0.5) is 5.95 Å². The van der Waals surface area contributed by atoms with E-state index in [-0.39, 0.29) is 11.6 Å². The van der Waals surface area contributed by atoms with E-state index >= 15 is 0 Å². The molecule has 0 saturated carbocycles. The molecule has 0 amide bonds. The Labute approximate surface area is 115 Å². The van der Waals surface area contributed by atoms with Gasteiger partial charge in [0.25, 0.3) is 5.56 Å². The van der Waals surface area contributed by atoms with E-state index in [1.165, 1.54) is 0 Å². The summed E-state index contributed by atoms with van der Waals surface area (Å²) >= 11 is 0. The molecule has 0 fully saturated rings. The Morgan fingerprint density at radius 3 is 2.95 bits per heavy atom. The van der Waals surface area contributed by atoms with Crippen LogP contribution in [0.3, 0.4) is 0 Å². The summed E-state index contributed by atoms with van der Waals surface area (Å²) in [5.41, 5.74) is 0.548. The van der Waals surface area contributed by atoms with Gasteiger partial charge in [-0.3, -0.25) is 9.78 Å². The Morgan fingerprint density at radius 1 is 1.30 bits per heavy atom. The number of hydrogen-bond acceptors (Lipinski definition) is 4. The van der Waals surface area contributed by atoms with E-state index in [0.29, 0.717) is 16.9 Å². The average Bonchev–Trinajstić information content (AvgIpc) is 2.91. The Hall–Kier alpha value is -2.56. The normalized spacial score (nSPS) is 12.4. The zero-order valence-electron chi connectivity index (χ0n) is 11.1. The highest BCUT2D eigenvalue weighted by Gasteiger charge is 2.08. The van der Waals surface area contributed by atoms with Crippen molar-refractivity contribution in [1.82, 2.24) is 9.97 Å². The zero-order valence-corrected chi connectivity index (χ0v) is 11.1. The molecule has 0 radical (unpaired) electrons. The van der Waals surface area contributed by atoms with E-state index < -0.39 is 0 Å². The number of anilines is 1. The van der Waals surface area contributed by atoms with Gasteiger partial charge in [0.15, 0.2) is 0 Å². The van der Waals surface area contributed by atoms with Crippen molar-refractivity contribution in [3.05, 3.63) is 58.8 Å². The van der Waals surface area contributed by atoms with Gasteiger partial charge in [-0.05, 0) is 31.2 Å². The summed E-state index contributed by atoms with van der Waals surface area (Å²) in [4.78, 5) is 19.1. The summed E-state index contributed by atoms with van der Waals surface area (Å²) in [5, 5.41) is 3.78. The highest BCUT2D eigenvalue weighted by molar-refractivity contribution is 5.78. The van der Waals surface area contributed by atoms with E-state index in [4.69, 9.17) is 4.42 Å². The average molecular weight is 269 g/mol. The van der Waals surface area contributed by atoms with Crippen molar-refractivity contribution in [3.8, 4) is 0 Å². The van der Waals surface area contributed by atoms with E-state index in [2.05, 4.69) is 15.3 Å². The number of fused-ring (bicyclic) bond motifs is 1. The fraction of sp³-hybridized carbons (Fsp3) is 0.200. The Balaban J connectivity index is 1.82. The van der Waals surface area contributed by atoms with Crippen molar-refractivity contribution < 1.29 is 4.42 Å². The molecule has 1 atom stereocenters. The number of H-pyrrole nitrogens is 1. The molecular weight excluding hydrogens is 254 g/mol. The molecule has 2 aromatic heterocycles. The third kappa shape index (κ3) is 2.56. The summed E-state index contributed by atoms with van der Waals surface area (Å²) in [6, 6.07) is 11.2. The second kappa shape index (κ2) is 5.21. The molecule has 3 rings (SSSR count). The predicted octanol–water partition coefficient (Wildman–Crippen LogP) is 2.56. The minimum Gasteiger partial charge on any atom is -0.469 e. The van der Waals surface area contributed by atoms with Crippen molar-refractivity contribution in [2.75, 3.05) is 5.32 Å². The van der Waals surface area contributed by atoms with Gasteiger partial charge in [0.2, 0.25) is 5.95 Å². The minimum absolute atomic E-state index is 0.102. The van der Waals surface area contributed by atoms with Gasteiger partial charge in [-0.2, -0.15) is 0 Å². The van der Waals surface area contributed by atoms with Crippen LogP contribution in [-0.2, 0) is 6.42 Å². The molecule has 1 aromatic carbocycles.